The molecule has 0 bridgehead atoms. The zero-order valence-corrected chi connectivity index (χ0v) is 14.7. The van der Waals surface area contributed by atoms with Crippen LogP contribution < -0.4 is 0 Å². The molecular formula is C21H26O2. The highest BCUT2D eigenvalue weighted by molar-refractivity contribution is 6.11. The lowest BCUT2D eigenvalue weighted by Crippen LogP contribution is -2.29. The normalized spacial score (nSPS) is 19.2. The molecule has 0 aromatic heterocycles. The maximum atomic E-state index is 13.0. The largest absolute Gasteiger partial charge is 0.508 e. The van der Waals surface area contributed by atoms with Gasteiger partial charge in [-0.3, -0.25) is 4.79 Å². The minimum atomic E-state index is -0.378. The summed E-state index contributed by atoms with van der Waals surface area (Å²) in [6.07, 6.45) is 5.92. The third kappa shape index (κ3) is 3.47. The van der Waals surface area contributed by atoms with E-state index in [1.165, 1.54) is 0 Å². The van der Waals surface area contributed by atoms with E-state index in [0.717, 1.165) is 16.7 Å². The third-order valence-corrected chi connectivity index (χ3v) is 4.47. The number of aromatic hydroxyl groups is 1. The van der Waals surface area contributed by atoms with Gasteiger partial charge in [0.2, 0.25) is 0 Å². The van der Waals surface area contributed by atoms with E-state index in [9.17, 15) is 9.90 Å². The second kappa shape index (κ2) is 5.84. The van der Waals surface area contributed by atoms with Crippen molar-refractivity contribution in [1.29, 1.82) is 0 Å². The average molecular weight is 310 g/mol. The first kappa shape index (κ1) is 17.3. The minimum Gasteiger partial charge on any atom is -0.508 e. The first-order valence-electron chi connectivity index (χ1n) is 7.98. The van der Waals surface area contributed by atoms with Crippen molar-refractivity contribution in [1.82, 2.24) is 0 Å². The Morgan fingerprint density at radius 2 is 1.52 bits per heavy atom. The van der Waals surface area contributed by atoms with E-state index >= 15 is 0 Å². The van der Waals surface area contributed by atoms with Crippen LogP contribution >= 0.6 is 0 Å². The van der Waals surface area contributed by atoms with Gasteiger partial charge in [-0.15, -0.1) is 6.58 Å². The average Bonchev–Trinajstić information content (AvgIpc) is 2.47. The SMILES string of the molecule is C=CC(C)(C)C1=CC(c2ccc(O)cc2)C=C(C(C)(C)C)C1=O. The second-order valence-electron chi connectivity index (χ2n) is 7.78. The fraction of sp³-hybridized carbons (Fsp3) is 0.381. The van der Waals surface area contributed by atoms with Crippen LogP contribution in [0.2, 0.25) is 0 Å². The van der Waals surface area contributed by atoms with E-state index in [0.29, 0.717) is 0 Å². The minimum absolute atomic E-state index is 0.0248. The van der Waals surface area contributed by atoms with Crippen molar-refractivity contribution in [3.63, 3.8) is 0 Å². The molecule has 0 aliphatic heterocycles. The number of carbonyl (C=O) groups is 1. The van der Waals surface area contributed by atoms with E-state index in [-0.39, 0.29) is 28.3 Å². The highest BCUT2D eigenvalue weighted by Gasteiger charge is 2.36. The maximum absolute atomic E-state index is 13.0. The van der Waals surface area contributed by atoms with Gasteiger partial charge in [0.25, 0.3) is 0 Å². The summed E-state index contributed by atoms with van der Waals surface area (Å²) >= 11 is 0. The highest BCUT2D eigenvalue weighted by Crippen LogP contribution is 2.42. The number of Topliss-reactive ketones (excluding diaryl/α,β-unsaturated/α-hetero) is 1. The molecule has 0 amide bonds. The van der Waals surface area contributed by atoms with Crippen LogP contribution in [0.15, 0.2) is 60.2 Å². The first-order chi connectivity index (χ1) is 10.6. The first-order valence-corrected chi connectivity index (χ1v) is 7.98. The molecule has 1 atom stereocenters. The van der Waals surface area contributed by atoms with Crippen molar-refractivity contribution in [3.05, 3.63) is 65.8 Å². The number of hydrogen-bond donors (Lipinski definition) is 1. The predicted octanol–water partition coefficient (Wildman–Crippen LogP) is 5.17. The molecule has 1 N–H and O–H groups in total. The molecule has 0 saturated heterocycles. The zero-order valence-electron chi connectivity index (χ0n) is 14.7. The Kier molecular flexibility index (Phi) is 4.39. The lowest BCUT2D eigenvalue weighted by molar-refractivity contribution is -0.114. The number of phenolic OH excluding ortho intramolecular Hbond substituents is 1. The number of hydrogen-bond acceptors (Lipinski definition) is 2. The van der Waals surface area contributed by atoms with Crippen LogP contribution in [0.5, 0.6) is 5.75 Å². The molecule has 0 spiro atoms. The van der Waals surface area contributed by atoms with Gasteiger partial charge >= 0.3 is 0 Å². The summed E-state index contributed by atoms with van der Waals surface area (Å²) in [7, 11) is 0. The topological polar surface area (TPSA) is 37.3 Å². The van der Waals surface area contributed by atoms with Gasteiger partial charge in [-0.05, 0) is 23.1 Å². The predicted molar refractivity (Wildman–Crippen MR) is 95.5 cm³/mol. The molecule has 2 heteroatoms. The fourth-order valence-corrected chi connectivity index (χ4v) is 2.80. The molecule has 23 heavy (non-hydrogen) atoms. The lowest BCUT2D eigenvalue weighted by Gasteiger charge is -2.33. The monoisotopic (exact) mass is 310 g/mol. The highest BCUT2D eigenvalue weighted by atomic mass is 16.3. The quantitative estimate of drug-likeness (QED) is 0.782. The van der Waals surface area contributed by atoms with Crippen LogP contribution in [0.3, 0.4) is 0 Å². The van der Waals surface area contributed by atoms with Gasteiger partial charge in [-0.1, -0.05) is 65.0 Å². The molecule has 1 aromatic rings. The molecule has 0 heterocycles. The van der Waals surface area contributed by atoms with Crippen molar-refractivity contribution >= 4 is 5.78 Å². The molecule has 122 valence electrons. The van der Waals surface area contributed by atoms with E-state index in [2.05, 4.69) is 33.4 Å². The Labute approximate surface area is 139 Å². The Bertz CT molecular complexity index is 680. The van der Waals surface area contributed by atoms with Crippen LogP contribution in [0.25, 0.3) is 0 Å². The Morgan fingerprint density at radius 3 is 2.00 bits per heavy atom. The van der Waals surface area contributed by atoms with E-state index in [1.807, 2.05) is 38.1 Å². The van der Waals surface area contributed by atoms with Gasteiger partial charge in [0.15, 0.2) is 5.78 Å². The standard InChI is InChI=1S/C21H26O2/c1-7-21(5,6)18-13-15(14-8-10-16(22)11-9-14)12-17(19(18)23)20(2,3)4/h7-13,15,22H,1H2,2-6H3. The Balaban J connectivity index is 2.59. The molecule has 0 radical (unpaired) electrons. The molecular weight excluding hydrogens is 284 g/mol. The van der Waals surface area contributed by atoms with Gasteiger partial charge in [0, 0.05) is 22.5 Å². The maximum Gasteiger partial charge on any atom is 0.185 e. The molecule has 1 aromatic carbocycles. The van der Waals surface area contributed by atoms with E-state index < -0.39 is 0 Å². The third-order valence-electron chi connectivity index (χ3n) is 4.47. The number of ketones is 1. The second-order valence-corrected chi connectivity index (χ2v) is 7.78. The number of allylic oxidation sites excluding steroid dienone is 5. The van der Waals surface area contributed by atoms with Crippen molar-refractivity contribution in [2.24, 2.45) is 10.8 Å². The molecule has 0 saturated carbocycles. The van der Waals surface area contributed by atoms with E-state index in [4.69, 9.17) is 0 Å². The van der Waals surface area contributed by atoms with Crippen molar-refractivity contribution < 1.29 is 9.90 Å². The van der Waals surface area contributed by atoms with Gasteiger partial charge in [0.1, 0.15) is 5.75 Å². The van der Waals surface area contributed by atoms with Gasteiger partial charge in [-0.25, -0.2) is 0 Å². The van der Waals surface area contributed by atoms with Gasteiger partial charge in [0.05, 0.1) is 0 Å². The fourth-order valence-electron chi connectivity index (χ4n) is 2.80. The number of benzene rings is 1. The molecule has 1 aliphatic rings. The summed E-state index contributed by atoms with van der Waals surface area (Å²) in [4.78, 5) is 13.0. The summed E-state index contributed by atoms with van der Waals surface area (Å²) in [6.45, 7) is 14.1. The molecule has 1 aliphatic carbocycles. The zero-order chi connectivity index (χ0) is 17.4. The van der Waals surface area contributed by atoms with Crippen LogP contribution in [0.4, 0.5) is 0 Å². The van der Waals surface area contributed by atoms with Crippen LogP contribution in [-0.2, 0) is 4.79 Å². The number of phenols is 1. The lowest BCUT2D eigenvalue weighted by atomic mass is 9.69. The van der Waals surface area contributed by atoms with Crippen LogP contribution in [0.1, 0.15) is 46.1 Å². The van der Waals surface area contributed by atoms with Crippen molar-refractivity contribution in [2.45, 2.75) is 40.5 Å². The van der Waals surface area contributed by atoms with E-state index in [1.54, 1.807) is 12.1 Å². The summed E-state index contributed by atoms with van der Waals surface area (Å²) in [5.74, 6) is 0.380. The van der Waals surface area contributed by atoms with Gasteiger partial charge < -0.3 is 5.11 Å². The smallest absolute Gasteiger partial charge is 0.185 e. The van der Waals surface area contributed by atoms with Crippen LogP contribution in [0, 0.1) is 10.8 Å². The summed E-state index contributed by atoms with van der Waals surface area (Å²) in [5.41, 5.74) is 2.09. The molecule has 1 unspecified atom stereocenters. The molecule has 2 nitrogen and oxygen atoms in total. The summed E-state index contributed by atoms with van der Waals surface area (Å²) < 4.78 is 0. The van der Waals surface area contributed by atoms with Crippen molar-refractivity contribution in [2.75, 3.05) is 0 Å². The van der Waals surface area contributed by atoms with Crippen molar-refractivity contribution in [3.8, 4) is 5.75 Å². The Morgan fingerprint density at radius 1 is 1.00 bits per heavy atom. The van der Waals surface area contributed by atoms with Gasteiger partial charge in [-0.2, -0.15) is 0 Å². The summed E-state index contributed by atoms with van der Waals surface area (Å²) in [5, 5.41) is 9.50. The Hall–Kier alpha value is -2.09. The number of rotatable bonds is 3. The molecule has 2 rings (SSSR count). The number of carbonyl (C=O) groups excluding carboxylic acids is 1. The molecule has 0 fully saturated rings. The van der Waals surface area contributed by atoms with Crippen LogP contribution in [-0.4, -0.2) is 10.9 Å². The summed E-state index contributed by atoms with van der Waals surface area (Å²) in [6, 6.07) is 7.17.